The van der Waals surface area contributed by atoms with Crippen molar-refractivity contribution >= 4 is 23.3 Å². The molecule has 3 aliphatic heterocycles. The van der Waals surface area contributed by atoms with E-state index in [9.17, 15) is 0 Å². The van der Waals surface area contributed by atoms with Crippen molar-refractivity contribution in [3.8, 4) is 0 Å². The second kappa shape index (κ2) is 5.53. The molecule has 0 aliphatic carbocycles. The van der Waals surface area contributed by atoms with E-state index in [1.54, 1.807) is 0 Å². The standard InChI is InChI=1S/C21H14N4/c1-3-8-15(9-4-1)18-14-17-12-7-13-19-23-20(16-10-5-2-6-11-16)24-21(22-18)25(17)19/h1-14H. The van der Waals surface area contributed by atoms with Gasteiger partial charge in [-0.2, -0.15) is 4.99 Å². The van der Waals surface area contributed by atoms with Gasteiger partial charge >= 0.3 is 0 Å². The lowest BCUT2D eigenvalue weighted by Gasteiger charge is -2.32. The molecular formula is C21H14N4. The summed E-state index contributed by atoms with van der Waals surface area (Å²) in [5.41, 5.74) is 4.00. The third-order valence-electron chi connectivity index (χ3n) is 4.23. The maximum Gasteiger partial charge on any atom is 0.238 e. The summed E-state index contributed by atoms with van der Waals surface area (Å²) in [6.45, 7) is 0. The fourth-order valence-corrected chi connectivity index (χ4v) is 3.04. The zero-order valence-corrected chi connectivity index (χ0v) is 13.4. The lowest BCUT2D eigenvalue weighted by Crippen LogP contribution is -2.40. The number of allylic oxidation sites excluding steroid dienone is 3. The van der Waals surface area contributed by atoms with Crippen molar-refractivity contribution in [3.05, 3.63) is 102 Å². The zero-order chi connectivity index (χ0) is 16.6. The van der Waals surface area contributed by atoms with Crippen LogP contribution >= 0.6 is 0 Å². The van der Waals surface area contributed by atoms with Gasteiger partial charge < -0.3 is 0 Å². The van der Waals surface area contributed by atoms with Gasteiger partial charge in [0.15, 0.2) is 5.84 Å². The Labute approximate surface area is 145 Å². The molecule has 5 rings (SSSR count). The lowest BCUT2D eigenvalue weighted by atomic mass is 10.1. The summed E-state index contributed by atoms with van der Waals surface area (Å²) in [5, 5.41) is 0. The van der Waals surface area contributed by atoms with Gasteiger partial charge in [0.1, 0.15) is 5.84 Å². The van der Waals surface area contributed by atoms with Crippen LogP contribution in [0.1, 0.15) is 11.1 Å². The summed E-state index contributed by atoms with van der Waals surface area (Å²) in [5.74, 6) is 2.18. The number of guanidine groups is 1. The Kier molecular flexibility index (Phi) is 3.07. The number of benzene rings is 2. The van der Waals surface area contributed by atoms with Crippen LogP contribution in [0.5, 0.6) is 0 Å². The van der Waals surface area contributed by atoms with Gasteiger partial charge in [-0.3, -0.25) is 4.90 Å². The van der Waals surface area contributed by atoms with Gasteiger partial charge in [0.2, 0.25) is 5.96 Å². The highest BCUT2D eigenvalue weighted by Crippen LogP contribution is 2.30. The molecule has 0 saturated heterocycles. The normalized spacial score (nSPS) is 17.8. The van der Waals surface area contributed by atoms with Crippen molar-refractivity contribution in [1.29, 1.82) is 0 Å². The average molecular weight is 322 g/mol. The van der Waals surface area contributed by atoms with Gasteiger partial charge in [0, 0.05) is 11.1 Å². The maximum atomic E-state index is 4.79. The summed E-state index contributed by atoms with van der Waals surface area (Å²) in [6, 6.07) is 20.2. The first-order valence-electron chi connectivity index (χ1n) is 8.16. The van der Waals surface area contributed by atoms with Crippen molar-refractivity contribution < 1.29 is 0 Å². The predicted octanol–water partition coefficient (Wildman–Crippen LogP) is 4.01. The van der Waals surface area contributed by atoms with Gasteiger partial charge in [0.25, 0.3) is 0 Å². The van der Waals surface area contributed by atoms with Crippen LogP contribution in [0.25, 0.3) is 5.70 Å². The van der Waals surface area contributed by atoms with E-state index in [1.807, 2.05) is 65.6 Å². The topological polar surface area (TPSA) is 40.3 Å². The van der Waals surface area contributed by atoms with Crippen molar-refractivity contribution in [3.63, 3.8) is 0 Å². The van der Waals surface area contributed by atoms with Crippen LogP contribution in [0.15, 0.2) is 106 Å². The Morgan fingerprint density at radius 2 is 1.44 bits per heavy atom. The van der Waals surface area contributed by atoms with Crippen LogP contribution in [0.3, 0.4) is 0 Å². The highest BCUT2D eigenvalue weighted by atomic mass is 15.4. The van der Waals surface area contributed by atoms with E-state index in [1.165, 1.54) is 0 Å². The molecule has 0 spiro atoms. The molecule has 4 heteroatoms. The minimum atomic E-state index is 0.654. The molecule has 0 bridgehead atoms. The smallest absolute Gasteiger partial charge is 0.238 e. The number of nitrogens with zero attached hydrogens (tertiary/aromatic N) is 4. The molecule has 0 radical (unpaired) electrons. The molecule has 2 aromatic rings. The highest BCUT2D eigenvalue weighted by Gasteiger charge is 2.29. The van der Waals surface area contributed by atoms with Crippen LogP contribution in [-0.4, -0.2) is 22.5 Å². The number of rotatable bonds is 2. The number of aliphatic imine (C=N–C) groups is 3. The van der Waals surface area contributed by atoms with Crippen molar-refractivity contribution in [2.75, 3.05) is 0 Å². The molecule has 25 heavy (non-hydrogen) atoms. The zero-order valence-electron chi connectivity index (χ0n) is 13.4. The molecule has 0 fully saturated rings. The Morgan fingerprint density at radius 3 is 2.20 bits per heavy atom. The van der Waals surface area contributed by atoms with E-state index in [-0.39, 0.29) is 0 Å². The molecule has 0 saturated carbocycles. The summed E-state index contributed by atoms with van der Waals surface area (Å²) in [4.78, 5) is 16.2. The van der Waals surface area contributed by atoms with Gasteiger partial charge in [-0.25, -0.2) is 9.98 Å². The van der Waals surface area contributed by atoms with Gasteiger partial charge in [-0.15, -0.1) is 0 Å². The van der Waals surface area contributed by atoms with Gasteiger partial charge in [0.05, 0.1) is 11.4 Å². The molecule has 4 nitrogen and oxygen atoms in total. The first-order chi connectivity index (χ1) is 12.4. The molecule has 3 aliphatic rings. The molecule has 0 atom stereocenters. The summed E-state index contributed by atoms with van der Waals surface area (Å²) < 4.78 is 0. The van der Waals surface area contributed by atoms with E-state index in [2.05, 4.69) is 24.3 Å². The molecule has 2 aromatic carbocycles. The third-order valence-corrected chi connectivity index (χ3v) is 4.23. The molecule has 0 aromatic heterocycles. The van der Waals surface area contributed by atoms with E-state index >= 15 is 0 Å². The average Bonchev–Trinajstić information content (AvgIpc) is 2.69. The third kappa shape index (κ3) is 2.35. The van der Waals surface area contributed by atoms with Gasteiger partial charge in [-0.05, 0) is 18.2 Å². The van der Waals surface area contributed by atoms with Crippen molar-refractivity contribution in [1.82, 2.24) is 4.90 Å². The Morgan fingerprint density at radius 1 is 0.720 bits per heavy atom. The second-order valence-electron chi connectivity index (χ2n) is 5.86. The van der Waals surface area contributed by atoms with Crippen molar-refractivity contribution in [2.24, 2.45) is 15.0 Å². The molecule has 0 amide bonds. The van der Waals surface area contributed by atoms with Crippen molar-refractivity contribution in [2.45, 2.75) is 0 Å². The van der Waals surface area contributed by atoms with Crippen LogP contribution in [0.4, 0.5) is 0 Å². The fourth-order valence-electron chi connectivity index (χ4n) is 3.04. The summed E-state index contributed by atoms with van der Waals surface area (Å²) in [6.07, 6.45) is 8.12. The Hall–Kier alpha value is -3.53. The molecule has 3 heterocycles. The SMILES string of the molecule is C1=CC2=NC(c3ccccc3)=NC3=NC(c4ccccc4)=CC(=C1)N23. The minimum Gasteiger partial charge on any atom is -0.263 e. The van der Waals surface area contributed by atoms with E-state index in [0.29, 0.717) is 11.8 Å². The van der Waals surface area contributed by atoms with E-state index in [4.69, 9.17) is 15.0 Å². The van der Waals surface area contributed by atoms with Crippen LogP contribution in [0.2, 0.25) is 0 Å². The quantitative estimate of drug-likeness (QED) is 0.823. The van der Waals surface area contributed by atoms with E-state index in [0.717, 1.165) is 28.4 Å². The number of amidine groups is 2. The Balaban J connectivity index is 1.66. The van der Waals surface area contributed by atoms with Crippen LogP contribution in [0, 0.1) is 0 Å². The first-order valence-corrected chi connectivity index (χ1v) is 8.16. The lowest BCUT2D eigenvalue weighted by molar-refractivity contribution is 0.750. The number of hydrogen-bond donors (Lipinski definition) is 0. The summed E-state index contributed by atoms with van der Waals surface area (Å²) >= 11 is 0. The molecule has 0 N–H and O–H groups in total. The predicted molar refractivity (Wildman–Crippen MR) is 101 cm³/mol. The first kappa shape index (κ1) is 13.9. The Bertz CT molecular complexity index is 983. The van der Waals surface area contributed by atoms with E-state index < -0.39 is 0 Å². The molecule has 0 unspecified atom stereocenters. The number of hydrogen-bond acceptors (Lipinski definition) is 4. The van der Waals surface area contributed by atoms with Gasteiger partial charge in [-0.1, -0.05) is 66.7 Å². The highest BCUT2D eigenvalue weighted by molar-refractivity contribution is 6.23. The summed E-state index contributed by atoms with van der Waals surface area (Å²) in [7, 11) is 0. The minimum absolute atomic E-state index is 0.654. The maximum absolute atomic E-state index is 4.79. The largest absolute Gasteiger partial charge is 0.263 e. The molecule has 118 valence electrons. The second-order valence-corrected chi connectivity index (χ2v) is 5.86. The van der Waals surface area contributed by atoms with Crippen LogP contribution < -0.4 is 0 Å². The monoisotopic (exact) mass is 322 g/mol. The van der Waals surface area contributed by atoms with Crippen LogP contribution in [-0.2, 0) is 0 Å². The fraction of sp³-hybridized carbons (Fsp3) is 0. The molecular weight excluding hydrogens is 308 g/mol.